The second-order valence-electron chi connectivity index (χ2n) is 18.1. The van der Waals surface area contributed by atoms with Gasteiger partial charge in [-0.1, -0.05) is 50.2 Å². The molecule has 4 aliphatic rings. The second-order valence-corrected chi connectivity index (χ2v) is 18.1. The lowest BCUT2D eigenvalue weighted by Crippen LogP contribution is -2.52. The first-order valence-corrected chi connectivity index (χ1v) is 22.5. The van der Waals surface area contributed by atoms with E-state index in [1.807, 2.05) is 35.8 Å². The molecular formula is C47H64N8O6. The lowest BCUT2D eigenvalue weighted by molar-refractivity contribution is -0.146. The molecule has 4 aliphatic heterocycles. The molecule has 2 aromatic heterocycles. The lowest BCUT2D eigenvalue weighted by Gasteiger charge is -2.41. The Bertz CT molecular complexity index is 2030. The number of piperidine rings is 2. The van der Waals surface area contributed by atoms with Gasteiger partial charge in [0, 0.05) is 74.6 Å². The van der Waals surface area contributed by atoms with E-state index in [9.17, 15) is 29.4 Å². The number of pyridine rings is 2. The Morgan fingerprint density at radius 1 is 0.672 bits per heavy atom. The predicted octanol–water partition coefficient (Wildman–Crippen LogP) is 5.02. The van der Waals surface area contributed by atoms with Crippen LogP contribution in [0.25, 0.3) is 0 Å². The molecule has 14 heteroatoms. The van der Waals surface area contributed by atoms with Crippen LogP contribution in [-0.2, 0) is 51.3 Å². The van der Waals surface area contributed by atoms with E-state index < -0.39 is 34.9 Å². The van der Waals surface area contributed by atoms with Crippen molar-refractivity contribution >= 4 is 35.4 Å². The zero-order valence-electron chi connectivity index (χ0n) is 35.9. The first kappa shape index (κ1) is 44.0. The summed E-state index contributed by atoms with van der Waals surface area (Å²) in [7, 11) is 0. The number of carbonyl (C=O) groups excluding carboxylic acids is 2. The van der Waals surface area contributed by atoms with Crippen molar-refractivity contribution in [3.8, 4) is 0 Å². The average Bonchev–Trinajstić information content (AvgIpc) is 3.27. The highest BCUT2D eigenvalue weighted by Crippen LogP contribution is 2.36. The molecule has 2 fully saturated rings. The number of nitrogens with zero attached hydrogens (tertiary/aromatic N) is 4. The minimum Gasteiger partial charge on any atom is -0.480 e. The Morgan fingerprint density at radius 2 is 1.15 bits per heavy atom. The molecule has 2 amide bonds. The van der Waals surface area contributed by atoms with Crippen LogP contribution in [0.3, 0.4) is 0 Å². The summed E-state index contributed by atoms with van der Waals surface area (Å²) in [6, 6.07) is 14.0. The van der Waals surface area contributed by atoms with Crippen molar-refractivity contribution in [2.24, 2.45) is 10.8 Å². The van der Waals surface area contributed by atoms with Gasteiger partial charge < -0.3 is 31.5 Å². The molecule has 61 heavy (non-hydrogen) atoms. The minimum atomic E-state index is -0.959. The van der Waals surface area contributed by atoms with Crippen LogP contribution in [0.2, 0.25) is 0 Å². The molecule has 2 atom stereocenters. The summed E-state index contributed by atoms with van der Waals surface area (Å²) >= 11 is 0. The number of hydrogen-bond acceptors (Lipinski definition) is 10. The smallest absolute Gasteiger partial charge is 0.325 e. The number of fused-ring (bicyclic) bond motifs is 2. The summed E-state index contributed by atoms with van der Waals surface area (Å²) in [6.45, 7) is 8.85. The van der Waals surface area contributed by atoms with Crippen LogP contribution in [-0.4, -0.2) is 112 Å². The SMILES string of the molecule is CC1(C(=O)NCCCc2ccc3c(n2)NCCC3)CCN(C(Cc2ccc(C(C(=O)O)N3CCC(C)(C(=O)NCCCc4ccc5c(n4)NCCC5)CC3)cc2)C(=O)O)CC1. The summed E-state index contributed by atoms with van der Waals surface area (Å²) in [5.74, 6) is 0.0917. The highest BCUT2D eigenvalue weighted by Gasteiger charge is 2.41. The number of hydrogen-bond donors (Lipinski definition) is 6. The van der Waals surface area contributed by atoms with Gasteiger partial charge in [-0.2, -0.15) is 0 Å². The number of carboxylic acids is 2. The number of aliphatic carboxylic acids is 2. The van der Waals surface area contributed by atoms with Crippen molar-refractivity contribution in [1.29, 1.82) is 0 Å². The normalized spacial score (nSPS) is 19.5. The monoisotopic (exact) mass is 836 g/mol. The number of aryl methyl sites for hydroxylation is 4. The predicted molar refractivity (Wildman–Crippen MR) is 235 cm³/mol. The Morgan fingerprint density at radius 3 is 1.61 bits per heavy atom. The molecule has 6 heterocycles. The quantitative estimate of drug-likeness (QED) is 0.0999. The topological polar surface area (TPSA) is 189 Å². The number of carboxylic acid groups (broad SMARTS) is 2. The zero-order chi connectivity index (χ0) is 43.0. The van der Waals surface area contributed by atoms with Crippen molar-refractivity contribution in [2.75, 3.05) is 63.0 Å². The van der Waals surface area contributed by atoms with Gasteiger partial charge >= 0.3 is 11.9 Å². The van der Waals surface area contributed by atoms with Crippen LogP contribution in [0.1, 0.15) is 105 Å². The standard InChI is InChI=1S/C47H64N8O6/c1-46(44(60)50-25-5-9-36-17-15-34-7-3-23-48-40(34)52-36)19-27-54(28-20-46)38(42(56)57)31-32-11-13-33(14-12-32)39(43(58)59)55-29-21-47(2,22-30-55)45(61)51-26-6-10-37-18-16-35-8-4-24-49-41(35)53-37/h11-18,38-39H,3-10,19-31H2,1-2H3,(H,48,52)(H,49,53)(H,50,60)(H,51,61)(H,56,57)(H,58,59). The van der Waals surface area contributed by atoms with E-state index in [0.29, 0.717) is 70.5 Å². The highest BCUT2D eigenvalue weighted by atomic mass is 16.4. The molecule has 1 aromatic carbocycles. The molecule has 0 saturated carbocycles. The molecule has 2 saturated heterocycles. The van der Waals surface area contributed by atoms with Gasteiger partial charge in [0.15, 0.2) is 0 Å². The Kier molecular flexibility index (Phi) is 14.2. The maximum Gasteiger partial charge on any atom is 0.325 e. The largest absolute Gasteiger partial charge is 0.480 e. The maximum absolute atomic E-state index is 13.3. The summed E-state index contributed by atoms with van der Waals surface area (Å²) in [5, 5.41) is 33.6. The van der Waals surface area contributed by atoms with Crippen molar-refractivity contribution in [2.45, 2.75) is 109 Å². The van der Waals surface area contributed by atoms with Crippen molar-refractivity contribution in [3.05, 3.63) is 82.2 Å². The van der Waals surface area contributed by atoms with Gasteiger partial charge in [0.05, 0.1) is 0 Å². The van der Waals surface area contributed by atoms with E-state index in [2.05, 4.69) is 45.5 Å². The van der Waals surface area contributed by atoms with Gasteiger partial charge in [0.25, 0.3) is 0 Å². The molecule has 7 rings (SSSR count). The van der Waals surface area contributed by atoms with E-state index in [4.69, 9.17) is 9.97 Å². The zero-order valence-corrected chi connectivity index (χ0v) is 35.9. The van der Waals surface area contributed by atoms with Crippen LogP contribution in [0.5, 0.6) is 0 Å². The van der Waals surface area contributed by atoms with E-state index in [1.165, 1.54) is 11.1 Å². The Hall–Kier alpha value is -5.08. The van der Waals surface area contributed by atoms with Gasteiger partial charge in [-0.05, 0) is 118 Å². The fraction of sp³-hybridized carbons (Fsp3) is 0.574. The van der Waals surface area contributed by atoms with Gasteiger partial charge in [-0.15, -0.1) is 0 Å². The molecular weight excluding hydrogens is 773 g/mol. The molecule has 0 bridgehead atoms. The van der Waals surface area contributed by atoms with Crippen LogP contribution in [0.15, 0.2) is 48.5 Å². The minimum absolute atomic E-state index is 0.000979. The Balaban J connectivity index is 0.846. The first-order valence-electron chi connectivity index (χ1n) is 22.5. The number of likely N-dealkylation sites (tertiary alicyclic amines) is 2. The third-order valence-electron chi connectivity index (χ3n) is 13.6. The first-order chi connectivity index (χ1) is 29.4. The van der Waals surface area contributed by atoms with Gasteiger partial charge in [0.2, 0.25) is 11.8 Å². The fourth-order valence-corrected chi connectivity index (χ4v) is 9.39. The molecule has 328 valence electrons. The number of carbonyl (C=O) groups is 4. The number of nitrogens with one attached hydrogen (secondary N) is 4. The third-order valence-corrected chi connectivity index (χ3v) is 13.6. The molecule has 14 nitrogen and oxygen atoms in total. The molecule has 3 aromatic rings. The van der Waals surface area contributed by atoms with Crippen molar-refractivity contribution in [1.82, 2.24) is 30.4 Å². The van der Waals surface area contributed by atoms with Gasteiger partial charge in [-0.25, -0.2) is 9.97 Å². The van der Waals surface area contributed by atoms with E-state index in [0.717, 1.165) is 93.0 Å². The number of benzene rings is 1. The summed E-state index contributed by atoms with van der Waals surface area (Å²) in [6.07, 6.45) is 9.95. The molecule has 0 radical (unpaired) electrons. The summed E-state index contributed by atoms with van der Waals surface area (Å²) in [5.41, 5.74) is 4.82. The van der Waals surface area contributed by atoms with Crippen LogP contribution >= 0.6 is 0 Å². The molecule has 0 aliphatic carbocycles. The van der Waals surface area contributed by atoms with Crippen molar-refractivity contribution in [3.63, 3.8) is 0 Å². The number of aromatic nitrogens is 2. The van der Waals surface area contributed by atoms with E-state index in [-0.39, 0.29) is 18.2 Å². The molecule has 0 spiro atoms. The number of rotatable bonds is 17. The third kappa shape index (κ3) is 10.9. The highest BCUT2D eigenvalue weighted by molar-refractivity contribution is 5.83. The van der Waals surface area contributed by atoms with E-state index in [1.54, 1.807) is 12.1 Å². The molecule has 2 unspecified atom stereocenters. The maximum atomic E-state index is 13.3. The summed E-state index contributed by atoms with van der Waals surface area (Å²) < 4.78 is 0. The Labute approximate surface area is 359 Å². The average molecular weight is 837 g/mol. The van der Waals surface area contributed by atoms with Crippen LogP contribution in [0.4, 0.5) is 11.6 Å². The van der Waals surface area contributed by atoms with Crippen LogP contribution < -0.4 is 21.3 Å². The van der Waals surface area contributed by atoms with E-state index >= 15 is 0 Å². The second kappa shape index (κ2) is 19.7. The van der Waals surface area contributed by atoms with Gasteiger partial charge in [0.1, 0.15) is 23.7 Å². The van der Waals surface area contributed by atoms with Gasteiger partial charge in [-0.3, -0.25) is 29.0 Å². The number of amides is 2. The fourth-order valence-electron chi connectivity index (χ4n) is 9.39. The van der Waals surface area contributed by atoms with Crippen molar-refractivity contribution < 1.29 is 29.4 Å². The lowest BCUT2D eigenvalue weighted by atomic mass is 9.78. The van der Waals surface area contributed by atoms with Crippen LogP contribution in [0, 0.1) is 10.8 Å². The summed E-state index contributed by atoms with van der Waals surface area (Å²) in [4.78, 5) is 65.3. The molecule has 6 N–H and O–H groups in total. The number of anilines is 2.